The molecule has 2 amide bonds. The molecule has 0 unspecified atom stereocenters. The zero-order valence-corrected chi connectivity index (χ0v) is 16.2. The number of methoxy groups -OCH3 is 1. The lowest BCUT2D eigenvalue weighted by Crippen LogP contribution is -2.42. The normalized spacial score (nSPS) is 16.6. The summed E-state index contributed by atoms with van der Waals surface area (Å²) in [6.07, 6.45) is 3.58. The Morgan fingerprint density at radius 1 is 1.41 bits per heavy atom. The van der Waals surface area contributed by atoms with E-state index >= 15 is 0 Å². The molecule has 1 heterocycles. The quantitative estimate of drug-likeness (QED) is 0.434. The van der Waals surface area contributed by atoms with Gasteiger partial charge in [0.15, 0.2) is 11.5 Å². The molecule has 0 saturated carbocycles. The van der Waals surface area contributed by atoms with Crippen molar-refractivity contribution in [1.29, 1.82) is 0 Å². The number of ether oxygens (including phenoxy) is 2. The molecule has 2 rings (SSSR count). The number of allylic oxidation sites excluding steroid dienone is 1. The van der Waals surface area contributed by atoms with E-state index in [1.165, 1.54) is 20.1 Å². The highest BCUT2D eigenvalue weighted by molar-refractivity contribution is 8.18. The van der Waals surface area contributed by atoms with Crippen LogP contribution >= 0.6 is 11.8 Å². The molecule has 1 aromatic carbocycles. The van der Waals surface area contributed by atoms with Gasteiger partial charge in [0.2, 0.25) is 0 Å². The molecule has 8 heteroatoms. The monoisotopic (exact) mass is 391 g/mol. The van der Waals surface area contributed by atoms with Crippen molar-refractivity contribution in [1.82, 2.24) is 4.90 Å². The van der Waals surface area contributed by atoms with Crippen molar-refractivity contribution in [3.8, 4) is 11.5 Å². The Hall–Kier alpha value is -2.74. The number of rotatable bonds is 7. The van der Waals surface area contributed by atoms with Crippen LogP contribution in [0.1, 0.15) is 25.0 Å². The van der Waals surface area contributed by atoms with E-state index in [4.69, 9.17) is 4.74 Å². The third-order valence-corrected chi connectivity index (χ3v) is 4.77. The Bertz CT molecular complexity index is 817. The molecule has 1 atom stereocenters. The number of benzene rings is 1. The second kappa shape index (κ2) is 8.77. The number of hydrogen-bond acceptors (Lipinski definition) is 7. The van der Waals surface area contributed by atoms with Crippen molar-refractivity contribution < 1.29 is 29.0 Å². The maximum atomic E-state index is 12.6. The van der Waals surface area contributed by atoms with Crippen LogP contribution < -0.4 is 4.74 Å². The fourth-order valence-corrected chi connectivity index (χ4v) is 3.50. The number of imide groups is 1. The average molecular weight is 391 g/mol. The zero-order valence-electron chi connectivity index (χ0n) is 15.4. The van der Waals surface area contributed by atoms with Gasteiger partial charge in [0.1, 0.15) is 6.04 Å². The minimum atomic E-state index is -1.01. The van der Waals surface area contributed by atoms with Gasteiger partial charge in [0, 0.05) is 5.56 Å². The number of amides is 2. The molecular formula is C19H21NO6S. The molecule has 1 aliphatic rings. The van der Waals surface area contributed by atoms with E-state index in [2.05, 4.69) is 11.3 Å². The Morgan fingerprint density at radius 2 is 2.11 bits per heavy atom. The lowest BCUT2D eigenvalue weighted by molar-refractivity contribution is -0.148. The lowest BCUT2D eigenvalue weighted by atomic mass is 10.0. The fourth-order valence-electron chi connectivity index (χ4n) is 2.59. The van der Waals surface area contributed by atoms with Gasteiger partial charge in [0.05, 0.1) is 18.6 Å². The standard InChI is InChI=1S/C19H21NO6S/c1-5-7-13-8-12(9-14(16(13)21)26-6-2)10-15-17(22)20(19(24)27-15)11(3)18(23)25-4/h5,8-11,21H,1,6-7H2,2-4H3/b15-10+/t11-/m0/s1. The molecule has 0 radical (unpaired) electrons. The first-order valence-corrected chi connectivity index (χ1v) is 9.10. The average Bonchev–Trinajstić information content (AvgIpc) is 2.91. The first-order chi connectivity index (χ1) is 12.8. The van der Waals surface area contributed by atoms with Crippen LogP contribution in [0, 0.1) is 0 Å². The van der Waals surface area contributed by atoms with Crippen molar-refractivity contribution in [2.75, 3.05) is 13.7 Å². The van der Waals surface area contributed by atoms with Crippen LogP contribution in [0.25, 0.3) is 6.08 Å². The van der Waals surface area contributed by atoms with Crippen LogP contribution in [0.5, 0.6) is 11.5 Å². The minimum Gasteiger partial charge on any atom is -0.504 e. The van der Waals surface area contributed by atoms with Crippen molar-refractivity contribution in [3.05, 3.63) is 40.8 Å². The van der Waals surface area contributed by atoms with E-state index in [1.807, 2.05) is 0 Å². The third-order valence-electron chi connectivity index (χ3n) is 3.89. The van der Waals surface area contributed by atoms with Crippen molar-refractivity contribution in [3.63, 3.8) is 0 Å². The maximum absolute atomic E-state index is 12.6. The molecule has 27 heavy (non-hydrogen) atoms. The van der Waals surface area contributed by atoms with Crippen molar-refractivity contribution in [2.24, 2.45) is 0 Å². The highest BCUT2D eigenvalue weighted by Gasteiger charge is 2.41. The van der Waals surface area contributed by atoms with Crippen LogP contribution in [0.3, 0.4) is 0 Å². The number of carbonyl (C=O) groups is 3. The second-order valence-corrected chi connectivity index (χ2v) is 6.70. The molecular weight excluding hydrogens is 370 g/mol. The SMILES string of the molecule is C=CCc1cc(/C=C2/SC(=O)N([C@@H](C)C(=O)OC)C2=O)cc(OCC)c1O. The molecule has 1 fully saturated rings. The van der Waals surface area contributed by atoms with Gasteiger partial charge in [-0.25, -0.2) is 4.79 Å². The van der Waals surface area contributed by atoms with E-state index < -0.39 is 23.2 Å². The second-order valence-electron chi connectivity index (χ2n) is 5.70. The van der Waals surface area contributed by atoms with E-state index in [9.17, 15) is 19.5 Å². The van der Waals surface area contributed by atoms with Gasteiger partial charge in [-0.3, -0.25) is 14.5 Å². The zero-order chi connectivity index (χ0) is 20.1. The van der Waals surface area contributed by atoms with Gasteiger partial charge in [0.25, 0.3) is 11.1 Å². The van der Waals surface area contributed by atoms with Crippen LogP contribution in [0.15, 0.2) is 29.7 Å². The smallest absolute Gasteiger partial charge is 0.328 e. The number of carbonyl (C=O) groups excluding carboxylic acids is 3. The maximum Gasteiger partial charge on any atom is 0.328 e. The van der Waals surface area contributed by atoms with Crippen molar-refractivity contribution in [2.45, 2.75) is 26.3 Å². The molecule has 0 aliphatic carbocycles. The van der Waals surface area contributed by atoms with Gasteiger partial charge < -0.3 is 14.6 Å². The van der Waals surface area contributed by atoms with Gasteiger partial charge in [-0.05, 0) is 55.8 Å². The summed E-state index contributed by atoms with van der Waals surface area (Å²) in [5.41, 5.74) is 1.17. The summed E-state index contributed by atoms with van der Waals surface area (Å²) in [6.45, 7) is 7.24. The number of phenols is 1. The molecule has 144 valence electrons. The fraction of sp³-hybridized carbons (Fsp3) is 0.316. The van der Waals surface area contributed by atoms with Gasteiger partial charge in [-0.15, -0.1) is 6.58 Å². The number of phenolic OH excluding ortho intramolecular Hbond substituents is 1. The third kappa shape index (κ3) is 4.33. The summed E-state index contributed by atoms with van der Waals surface area (Å²) in [5.74, 6) is -0.944. The molecule has 1 N–H and O–H groups in total. The minimum absolute atomic E-state index is 0.0151. The predicted molar refractivity (Wildman–Crippen MR) is 102 cm³/mol. The number of esters is 1. The summed E-state index contributed by atoms with van der Waals surface area (Å²) >= 11 is 0.743. The Morgan fingerprint density at radius 3 is 2.70 bits per heavy atom. The largest absolute Gasteiger partial charge is 0.504 e. The molecule has 0 spiro atoms. The Balaban J connectivity index is 2.40. The Labute approximate surface area is 161 Å². The van der Waals surface area contributed by atoms with Crippen LogP contribution in [0.2, 0.25) is 0 Å². The van der Waals surface area contributed by atoms with Crippen LogP contribution in [-0.4, -0.2) is 46.9 Å². The number of thioether (sulfide) groups is 1. The van der Waals surface area contributed by atoms with E-state index in [1.54, 1.807) is 25.1 Å². The summed E-state index contributed by atoms with van der Waals surface area (Å²) in [7, 11) is 1.20. The molecule has 0 bridgehead atoms. The number of aromatic hydroxyl groups is 1. The molecule has 0 aromatic heterocycles. The topological polar surface area (TPSA) is 93.1 Å². The van der Waals surface area contributed by atoms with Crippen molar-refractivity contribution >= 4 is 35.0 Å². The number of hydrogen-bond donors (Lipinski definition) is 1. The number of nitrogens with zero attached hydrogens (tertiary/aromatic N) is 1. The van der Waals surface area contributed by atoms with E-state index in [-0.39, 0.29) is 16.4 Å². The van der Waals surface area contributed by atoms with Gasteiger partial charge in [-0.1, -0.05) is 6.08 Å². The molecule has 1 aromatic rings. The van der Waals surface area contributed by atoms with Gasteiger partial charge in [-0.2, -0.15) is 0 Å². The Kier molecular flexibility index (Phi) is 6.68. The molecule has 1 aliphatic heterocycles. The summed E-state index contributed by atoms with van der Waals surface area (Å²) in [4.78, 5) is 37.5. The van der Waals surface area contributed by atoms with Crippen LogP contribution in [-0.2, 0) is 20.7 Å². The first kappa shape index (κ1) is 20.6. The molecule has 7 nitrogen and oxygen atoms in total. The molecule has 1 saturated heterocycles. The van der Waals surface area contributed by atoms with Gasteiger partial charge >= 0.3 is 5.97 Å². The van der Waals surface area contributed by atoms with E-state index in [0.29, 0.717) is 24.2 Å². The first-order valence-electron chi connectivity index (χ1n) is 8.28. The van der Waals surface area contributed by atoms with Crippen LogP contribution in [0.4, 0.5) is 4.79 Å². The van der Waals surface area contributed by atoms with E-state index in [0.717, 1.165) is 16.7 Å². The lowest BCUT2D eigenvalue weighted by Gasteiger charge is -2.18. The highest BCUT2D eigenvalue weighted by Crippen LogP contribution is 2.37. The summed E-state index contributed by atoms with van der Waals surface area (Å²) in [5, 5.41) is 9.71. The highest BCUT2D eigenvalue weighted by atomic mass is 32.2. The predicted octanol–water partition coefficient (Wildman–Crippen LogP) is 3.12. The summed E-state index contributed by atoms with van der Waals surface area (Å²) < 4.78 is 10.0. The summed E-state index contributed by atoms with van der Waals surface area (Å²) in [6, 6.07) is 2.27.